The van der Waals surface area contributed by atoms with Gasteiger partial charge in [0.25, 0.3) is 0 Å². The largest absolute Gasteiger partial charge is 0.319 e. The van der Waals surface area contributed by atoms with Gasteiger partial charge in [-0.2, -0.15) is 0 Å². The molecule has 2 fully saturated rings. The fraction of sp³-hybridized carbons (Fsp3) is 1.00. The summed E-state index contributed by atoms with van der Waals surface area (Å²) < 4.78 is 0. The van der Waals surface area contributed by atoms with E-state index in [2.05, 4.69) is 24.3 Å². The molecule has 0 saturated heterocycles. The van der Waals surface area contributed by atoms with Gasteiger partial charge in [-0.15, -0.1) is 0 Å². The van der Waals surface area contributed by atoms with Crippen LogP contribution < -0.4 is 5.32 Å². The minimum atomic E-state index is 0.642. The van der Waals surface area contributed by atoms with Crippen LogP contribution >= 0.6 is 0 Å². The molecule has 2 nitrogen and oxygen atoms in total. The van der Waals surface area contributed by atoms with E-state index in [0.717, 1.165) is 5.92 Å². The molecule has 15 heavy (non-hydrogen) atoms. The fourth-order valence-corrected chi connectivity index (χ4v) is 2.78. The summed E-state index contributed by atoms with van der Waals surface area (Å²) in [6, 6.07) is 0. The van der Waals surface area contributed by atoms with Gasteiger partial charge < -0.3 is 10.2 Å². The van der Waals surface area contributed by atoms with Crippen molar-refractivity contribution in [3.8, 4) is 0 Å². The van der Waals surface area contributed by atoms with Gasteiger partial charge in [-0.3, -0.25) is 0 Å². The van der Waals surface area contributed by atoms with Crippen molar-refractivity contribution in [3.63, 3.8) is 0 Å². The summed E-state index contributed by atoms with van der Waals surface area (Å²) in [7, 11) is 4.38. The molecule has 0 heterocycles. The Kier molecular flexibility index (Phi) is 3.68. The molecule has 0 aliphatic heterocycles. The van der Waals surface area contributed by atoms with E-state index in [9.17, 15) is 0 Å². The first kappa shape index (κ1) is 11.4. The minimum Gasteiger partial charge on any atom is -0.319 e. The van der Waals surface area contributed by atoms with Crippen molar-refractivity contribution in [1.29, 1.82) is 0 Å². The number of rotatable bonds is 7. The maximum absolute atomic E-state index is 3.34. The summed E-state index contributed by atoms with van der Waals surface area (Å²) in [6.45, 7) is 3.83. The quantitative estimate of drug-likeness (QED) is 0.692. The highest BCUT2D eigenvalue weighted by Crippen LogP contribution is 2.45. The monoisotopic (exact) mass is 210 g/mol. The Morgan fingerprint density at radius 3 is 2.53 bits per heavy atom. The Balaban J connectivity index is 1.61. The van der Waals surface area contributed by atoms with Gasteiger partial charge in [0, 0.05) is 13.1 Å². The van der Waals surface area contributed by atoms with Gasteiger partial charge in [0.2, 0.25) is 0 Å². The smallest absolute Gasteiger partial charge is 0.00471 e. The van der Waals surface area contributed by atoms with Crippen molar-refractivity contribution in [2.24, 2.45) is 11.3 Å². The summed E-state index contributed by atoms with van der Waals surface area (Å²) in [5.41, 5.74) is 0.642. The SMILES string of the molecule is CNCC1(CN(C)CCC2CCC2)CC1. The molecule has 0 aromatic heterocycles. The van der Waals surface area contributed by atoms with E-state index in [4.69, 9.17) is 0 Å². The zero-order valence-electron chi connectivity index (χ0n) is 10.4. The first-order valence-corrected chi connectivity index (χ1v) is 6.57. The Hall–Kier alpha value is -0.0800. The molecule has 1 N–H and O–H groups in total. The van der Waals surface area contributed by atoms with Crippen molar-refractivity contribution in [2.45, 2.75) is 38.5 Å². The lowest BCUT2D eigenvalue weighted by Gasteiger charge is -2.29. The second-order valence-electron chi connectivity index (χ2n) is 5.85. The number of hydrogen-bond donors (Lipinski definition) is 1. The van der Waals surface area contributed by atoms with Crippen LogP contribution in [0, 0.1) is 11.3 Å². The average molecular weight is 210 g/mol. The topological polar surface area (TPSA) is 15.3 Å². The summed E-state index contributed by atoms with van der Waals surface area (Å²) in [5.74, 6) is 1.06. The molecule has 0 unspecified atom stereocenters. The van der Waals surface area contributed by atoms with E-state index in [1.54, 1.807) is 0 Å². The molecule has 0 atom stereocenters. The Morgan fingerprint density at radius 1 is 1.33 bits per heavy atom. The van der Waals surface area contributed by atoms with Gasteiger partial charge >= 0.3 is 0 Å². The van der Waals surface area contributed by atoms with E-state index in [-0.39, 0.29) is 0 Å². The highest BCUT2D eigenvalue weighted by atomic mass is 15.1. The lowest BCUT2D eigenvalue weighted by atomic mass is 9.83. The summed E-state index contributed by atoms with van der Waals surface area (Å²) in [5, 5.41) is 3.34. The standard InChI is InChI=1S/C13H26N2/c1-14-10-13(7-8-13)11-15(2)9-6-12-4-3-5-12/h12,14H,3-11H2,1-2H3. The van der Waals surface area contributed by atoms with Crippen LogP contribution in [0.2, 0.25) is 0 Å². The van der Waals surface area contributed by atoms with Crippen LogP contribution in [0.5, 0.6) is 0 Å². The third-order valence-electron chi connectivity index (χ3n) is 4.26. The van der Waals surface area contributed by atoms with Crippen LogP contribution in [-0.4, -0.2) is 38.6 Å². The van der Waals surface area contributed by atoms with E-state index in [1.165, 1.54) is 58.2 Å². The predicted octanol–water partition coefficient (Wildman–Crippen LogP) is 2.11. The predicted molar refractivity (Wildman–Crippen MR) is 65.0 cm³/mol. The lowest BCUT2D eigenvalue weighted by molar-refractivity contribution is 0.211. The highest BCUT2D eigenvalue weighted by Gasteiger charge is 2.42. The van der Waals surface area contributed by atoms with Gasteiger partial charge in [-0.1, -0.05) is 19.3 Å². The molecule has 2 aliphatic carbocycles. The van der Waals surface area contributed by atoms with Crippen molar-refractivity contribution in [1.82, 2.24) is 10.2 Å². The van der Waals surface area contributed by atoms with Crippen LogP contribution in [0.4, 0.5) is 0 Å². The Bertz CT molecular complexity index is 195. The van der Waals surface area contributed by atoms with E-state index in [1.807, 2.05) is 0 Å². The van der Waals surface area contributed by atoms with E-state index < -0.39 is 0 Å². The molecule has 0 bridgehead atoms. The summed E-state index contributed by atoms with van der Waals surface area (Å²) in [6.07, 6.45) is 8.78. The molecule has 0 aromatic rings. The number of hydrogen-bond acceptors (Lipinski definition) is 2. The molecule has 88 valence electrons. The Labute approximate surface area is 94.4 Å². The maximum atomic E-state index is 3.34. The van der Waals surface area contributed by atoms with Crippen molar-refractivity contribution in [2.75, 3.05) is 33.7 Å². The molecule has 2 rings (SSSR count). The van der Waals surface area contributed by atoms with Crippen LogP contribution in [-0.2, 0) is 0 Å². The fourth-order valence-electron chi connectivity index (χ4n) is 2.78. The number of nitrogens with zero attached hydrogens (tertiary/aromatic N) is 1. The van der Waals surface area contributed by atoms with Crippen LogP contribution in [0.25, 0.3) is 0 Å². The lowest BCUT2D eigenvalue weighted by Crippen LogP contribution is -2.34. The molecule has 0 amide bonds. The first-order chi connectivity index (χ1) is 7.24. The third-order valence-corrected chi connectivity index (χ3v) is 4.26. The molecule has 2 aliphatic rings. The normalized spacial score (nSPS) is 24.2. The van der Waals surface area contributed by atoms with Crippen LogP contribution in [0.15, 0.2) is 0 Å². The first-order valence-electron chi connectivity index (χ1n) is 6.57. The second kappa shape index (κ2) is 4.84. The van der Waals surface area contributed by atoms with Crippen molar-refractivity contribution in [3.05, 3.63) is 0 Å². The maximum Gasteiger partial charge on any atom is 0.00471 e. The van der Waals surface area contributed by atoms with E-state index in [0.29, 0.717) is 5.41 Å². The minimum absolute atomic E-state index is 0.642. The average Bonchev–Trinajstić information content (AvgIpc) is 2.82. The van der Waals surface area contributed by atoms with Crippen molar-refractivity contribution >= 4 is 0 Å². The van der Waals surface area contributed by atoms with Crippen LogP contribution in [0.3, 0.4) is 0 Å². The van der Waals surface area contributed by atoms with Gasteiger partial charge in [-0.05, 0) is 51.2 Å². The van der Waals surface area contributed by atoms with E-state index >= 15 is 0 Å². The molecular weight excluding hydrogens is 184 g/mol. The van der Waals surface area contributed by atoms with Crippen LogP contribution in [0.1, 0.15) is 38.5 Å². The molecule has 2 saturated carbocycles. The molecule has 0 radical (unpaired) electrons. The van der Waals surface area contributed by atoms with Crippen molar-refractivity contribution < 1.29 is 0 Å². The zero-order valence-corrected chi connectivity index (χ0v) is 10.4. The molecule has 2 heteroatoms. The molecule has 0 aromatic carbocycles. The summed E-state index contributed by atoms with van der Waals surface area (Å²) in [4.78, 5) is 2.56. The van der Waals surface area contributed by atoms with Gasteiger partial charge in [0.05, 0.1) is 0 Å². The van der Waals surface area contributed by atoms with Gasteiger partial charge in [-0.25, -0.2) is 0 Å². The second-order valence-corrected chi connectivity index (χ2v) is 5.85. The van der Waals surface area contributed by atoms with Gasteiger partial charge in [0.15, 0.2) is 0 Å². The highest BCUT2D eigenvalue weighted by molar-refractivity contribution is 4.96. The number of nitrogens with one attached hydrogen (secondary N) is 1. The molecular formula is C13H26N2. The third kappa shape index (κ3) is 3.18. The molecule has 0 spiro atoms. The summed E-state index contributed by atoms with van der Waals surface area (Å²) >= 11 is 0. The zero-order chi connectivity index (χ0) is 10.7. The van der Waals surface area contributed by atoms with Gasteiger partial charge in [0.1, 0.15) is 0 Å². The Morgan fingerprint density at radius 2 is 2.07 bits per heavy atom.